The number of alkyl halides is 5. The molecule has 0 aliphatic rings. The van der Waals surface area contributed by atoms with Gasteiger partial charge in [-0.05, 0) is 6.92 Å². The predicted octanol–water partition coefficient (Wildman–Crippen LogP) is 1.07. The molecule has 2 unspecified atom stereocenters. The van der Waals surface area contributed by atoms with Crippen molar-refractivity contribution >= 4 is 16.7 Å². The molecular weight excluding hydrogens is 257 g/mol. The van der Waals surface area contributed by atoms with Crippen molar-refractivity contribution in [3.05, 3.63) is 0 Å². The summed E-state index contributed by atoms with van der Waals surface area (Å²) >= 11 is 0. The maximum atomic E-state index is 12.4. The second-order valence-corrected chi connectivity index (χ2v) is 4.67. The maximum absolute atomic E-state index is 12.4. The summed E-state index contributed by atoms with van der Waals surface area (Å²) < 4.78 is 70.6. The molecule has 16 heavy (non-hydrogen) atoms. The molecule has 2 atom stereocenters. The minimum atomic E-state index is -5.93. The van der Waals surface area contributed by atoms with Crippen molar-refractivity contribution in [1.29, 1.82) is 0 Å². The Hall–Kier alpha value is -0.730. The number of amides is 1. The van der Waals surface area contributed by atoms with E-state index in [1.807, 2.05) is 0 Å². The monoisotopic (exact) mass is 267 g/mol. The van der Waals surface area contributed by atoms with Crippen LogP contribution in [0.1, 0.15) is 6.92 Å². The van der Waals surface area contributed by atoms with E-state index in [-0.39, 0.29) is 5.75 Å². The van der Waals surface area contributed by atoms with Gasteiger partial charge in [-0.15, -0.1) is 0 Å². The second-order valence-electron chi connectivity index (χ2n) is 3.19. The largest absolute Gasteiger partial charge is 0.463 e. The van der Waals surface area contributed by atoms with Crippen molar-refractivity contribution in [3.63, 3.8) is 0 Å². The number of carbonyl (C=O) groups excluding carboxylic acids is 1. The van der Waals surface area contributed by atoms with E-state index in [1.54, 1.807) is 0 Å². The first kappa shape index (κ1) is 15.3. The van der Waals surface area contributed by atoms with E-state index in [0.29, 0.717) is 0 Å². The first-order valence-corrected chi connectivity index (χ1v) is 5.76. The van der Waals surface area contributed by atoms with Gasteiger partial charge in [0.25, 0.3) is 0 Å². The molecule has 1 N–H and O–H groups in total. The van der Waals surface area contributed by atoms with Gasteiger partial charge in [-0.2, -0.15) is 22.0 Å². The van der Waals surface area contributed by atoms with Crippen LogP contribution in [-0.2, 0) is 15.6 Å². The van der Waals surface area contributed by atoms with Crippen molar-refractivity contribution in [2.75, 3.05) is 12.0 Å². The Bertz CT molecular complexity index is 291. The number of nitrogens with one attached hydrogen (secondary N) is 1. The topological polar surface area (TPSA) is 46.2 Å². The fraction of sp³-hybridized carbons (Fsp3) is 0.857. The molecule has 3 nitrogen and oxygen atoms in total. The molecule has 0 rings (SSSR count). The Morgan fingerprint density at radius 3 is 2.06 bits per heavy atom. The van der Waals surface area contributed by atoms with Gasteiger partial charge in [-0.1, -0.05) is 0 Å². The van der Waals surface area contributed by atoms with Crippen LogP contribution < -0.4 is 5.32 Å². The third-order valence-electron chi connectivity index (χ3n) is 1.50. The lowest BCUT2D eigenvalue weighted by molar-refractivity contribution is -0.269. The number of halogens is 5. The van der Waals surface area contributed by atoms with Crippen molar-refractivity contribution in [1.82, 2.24) is 5.32 Å². The highest BCUT2D eigenvalue weighted by molar-refractivity contribution is 7.84. The number of hydrogen-bond acceptors (Lipinski definition) is 2. The van der Waals surface area contributed by atoms with Gasteiger partial charge in [-0.25, -0.2) is 0 Å². The van der Waals surface area contributed by atoms with Crippen LogP contribution >= 0.6 is 0 Å². The molecular formula is C7H10F5NO2S. The molecule has 0 radical (unpaired) electrons. The molecule has 1 amide bonds. The summed E-state index contributed by atoms with van der Waals surface area (Å²) in [5.74, 6) is -8.06. The third-order valence-corrected chi connectivity index (χ3v) is 2.47. The molecule has 96 valence electrons. The van der Waals surface area contributed by atoms with Crippen molar-refractivity contribution in [2.24, 2.45) is 0 Å². The first-order chi connectivity index (χ1) is 6.98. The van der Waals surface area contributed by atoms with Crippen molar-refractivity contribution in [3.8, 4) is 0 Å². The van der Waals surface area contributed by atoms with Gasteiger partial charge in [0.1, 0.15) is 0 Å². The average molecular weight is 267 g/mol. The minimum Gasteiger partial charge on any atom is -0.347 e. The van der Waals surface area contributed by atoms with E-state index in [2.05, 4.69) is 0 Å². The van der Waals surface area contributed by atoms with Gasteiger partial charge in [0.2, 0.25) is 0 Å². The summed E-state index contributed by atoms with van der Waals surface area (Å²) in [5, 5.41) is 1.46. The minimum absolute atomic E-state index is 0.195. The maximum Gasteiger partial charge on any atom is 0.463 e. The van der Waals surface area contributed by atoms with Gasteiger partial charge < -0.3 is 5.32 Å². The zero-order chi connectivity index (χ0) is 13.1. The van der Waals surface area contributed by atoms with Crippen LogP contribution in [0.15, 0.2) is 0 Å². The van der Waals surface area contributed by atoms with Crippen LogP contribution in [0.3, 0.4) is 0 Å². The van der Waals surface area contributed by atoms with Crippen LogP contribution in [0, 0.1) is 0 Å². The van der Waals surface area contributed by atoms with Crippen LogP contribution in [0.5, 0.6) is 0 Å². The van der Waals surface area contributed by atoms with E-state index < -0.39 is 34.8 Å². The quantitative estimate of drug-likeness (QED) is 0.774. The zero-order valence-electron chi connectivity index (χ0n) is 8.40. The van der Waals surface area contributed by atoms with E-state index in [4.69, 9.17) is 0 Å². The predicted molar refractivity (Wildman–Crippen MR) is 47.5 cm³/mol. The van der Waals surface area contributed by atoms with Crippen molar-refractivity contribution in [2.45, 2.75) is 25.1 Å². The fourth-order valence-corrected chi connectivity index (χ4v) is 1.62. The van der Waals surface area contributed by atoms with Gasteiger partial charge in [0.15, 0.2) is 0 Å². The lowest BCUT2D eigenvalue weighted by atomic mass is 10.2. The van der Waals surface area contributed by atoms with E-state index in [9.17, 15) is 31.0 Å². The average Bonchev–Trinajstić information content (AvgIpc) is 1.99. The second kappa shape index (κ2) is 5.07. The van der Waals surface area contributed by atoms with Gasteiger partial charge in [-0.3, -0.25) is 9.00 Å². The lowest BCUT2D eigenvalue weighted by Gasteiger charge is -2.21. The highest BCUT2D eigenvalue weighted by atomic mass is 32.2. The molecule has 0 aliphatic carbocycles. The summed E-state index contributed by atoms with van der Waals surface area (Å²) in [6, 6.07) is -1.02. The first-order valence-electron chi connectivity index (χ1n) is 4.04. The number of hydrogen-bond donors (Lipinski definition) is 1. The van der Waals surface area contributed by atoms with Crippen LogP contribution in [0.4, 0.5) is 22.0 Å². The Morgan fingerprint density at radius 2 is 1.75 bits per heavy atom. The molecule has 0 saturated heterocycles. The molecule has 0 aromatic rings. The van der Waals surface area contributed by atoms with E-state index in [0.717, 1.165) is 0 Å². The molecule has 0 aliphatic heterocycles. The van der Waals surface area contributed by atoms with E-state index >= 15 is 0 Å². The summed E-state index contributed by atoms with van der Waals surface area (Å²) in [4.78, 5) is 10.6. The fourth-order valence-electron chi connectivity index (χ4n) is 0.837. The molecule has 0 heterocycles. The van der Waals surface area contributed by atoms with Gasteiger partial charge in [0, 0.05) is 28.9 Å². The molecule has 0 bridgehead atoms. The van der Waals surface area contributed by atoms with Crippen LogP contribution in [-0.4, -0.2) is 40.3 Å². The van der Waals surface area contributed by atoms with Crippen LogP contribution in [0.2, 0.25) is 0 Å². The van der Waals surface area contributed by atoms with Gasteiger partial charge in [0.05, 0.1) is 0 Å². The van der Waals surface area contributed by atoms with Crippen molar-refractivity contribution < 1.29 is 31.0 Å². The molecule has 0 aromatic heterocycles. The Balaban J connectivity index is 4.53. The Kier molecular flexibility index (Phi) is 4.84. The zero-order valence-corrected chi connectivity index (χ0v) is 9.22. The summed E-state index contributed by atoms with van der Waals surface area (Å²) in [5.41, 5.74) is 0. The molecule has 0 fully saturated rings. The highest BCUT2D eigenvalue weighted by Gasteiger charge is 2.63. The molecule has 0 aromatic carbocycles. The SMILES string of the molecule is CC(CS(C)=O)NC(=O)C(F)(F)C(F)(F)F. The summed E-state index contributed by atoms with van der Waals surface area (Å²) in [7, 11) is -1.40. The molecule has 9 heteroatoms. The Labute approximate surface area is 90.8 Å². The number of carbonyl (C=O) groups is 1. The molecule has 0 saturated carbocycles. The van der Waals surface area contributed by atoms with Crippen LogP contribution in [0.25, 0.3) is 0 Å². The number of rotatable bonds is 4. The van der Waals surface area contributed by atoms with Gasteiger partial charge >= 0.3 is 18.0 Å². The molecule has 0 spiro atoms. The summed E-state index contributed by atoms with van der Waals surface area (Å²) in [6.07, 6.45) is -4.69. The standard InChI is InChI=1S/C7H10F5NO2S/c1-4(3-16(2)15)13-5(14)6(8,9)7(10,11)12/h4H,3H2,1-2H3,(H,13,14). The normalized spacial score (nSPS) is 16.7. The third kappa shape index (κ3) is 4.03. The van der Waals surface area contributed by atoms with E-state index in [1.165, 1.54) is 18.5 Å². The highest BCUT2D eigenvalue weighted by Crippen LogP contribution is 2.35. The lowest BCUT2D eigenvalue weighted by Crippen LogP contribution is -2.53. The summed E-state index contributed by atoms with van der Waals surface area (Å²) in [6.45, 7) is 1.19. The Morgan fingerprint density at radius 1 is 1.31 bits per heavy atom. The smallest absolute Gasteiger partial charge is 0.347 e.